The second-order valence-electron chi connectivity index (χ2n) is 9.81. The minimum atomic E-state index is -0.343. The number of benzene rings is 2. The molecule has 3 aromatic rings. The molecule has 4 rings (SSSR count). The van der Waals surface area contributed by atoms with E-state index in [9.17, 15) is 9.18 Å². The van der Waals surface area contributed by atoms with Gasteiger partial charge in [-0.3, -0.25) is 4.79 Å². The number of aryl methyl sites for hydroxylation is 2. The van der Waals surface area contributed by atoms with Crippen LogP contribution in [0.3, 0.4) is 0 Å². The van der Waals surface area contributed by atoms with Crippen LogP contribution in [0.4, 0.5) is 10.2 Å². The maximum atomic E-state index is 13.3. The Kier molecular flexibility index (Phi) is 7.99. The van der Waals surface area contributed by atoms with E-state index >= 15 is 0 Å². The molecule has 2 aromatic carbocycles. The van der Waals surface area contributed by atoms with E-state index in [-0.39, 0.29) is 17.6 Å². The molecule has 1 aliphatic rings. The highest BCUT2D eigenvalue weighted by molar-refractivity contribution is 5.94. The van der Waals surface area contributed by atoms with E-state index in [2.05, 4.69) is 50.8 Å². The van der Waals surface area contributed by atoms with Crippen molar-refractivity contribution in [1.82, 2.24) is 14.9 Å². The Morgan fingerprint density at radius 2 is 1.72 bits per heavy atom. The Labute approximate surface area is 213 Å². The van der Waals surface area contributed by atoms with Crippen LogP contribution in [0, 0.1) is 19.7 Å². The summed E-state index contributed by atoms with van der Waals surface area (Å²) in [5.41, 5.74) is 6.20. The van der Waals surface area contributed by atoms with Crippen LogP contribution in [0.15, 0.2) is 42.5 Å². The lowest BCUT2D eigenvalue weighted by Crippen LogP contribution is -2.49. The van der Waals surface area contributed by atoms with Crippen LogP contribution in [0.25, 0.3) is 0 Å². The number of halogens is 1. The van der Waals surface area contributed by atoms with Crippen molar-refractivity contribution in [2.24, 2.45) is 0 Å². The molecule has 190 valence electrons. The van der Waals surface area contributed by atoms with Gasteiger partial charge in [0.25, 0.3) is 5.91 Å². The first kappa shape index (κ1) is 25.8. The van der Waals surface area contributed by atoms with Gasteiger partial charge in [0.1, 0.15) is 17.5 Å². The smallest absolute Gasteiger partial charge is 0.253 e. The monoisotopic (exact) mass is 490 g/mol. The van der Waals surface area contributed by atoms with Crippen LogP contribution < -0.4 is 4.90 Å². The zero-order valence-corrected chi connectivity index (χ0v) is 21.8. The topological polar surface area (TPSA) is 58.6 Å². The van der Waals surface area contributed by atoms with E-state index in [0.717, 1.165) is 22.9 Å². The molecule has 0 unspecified atom stereocenters. The number of rotatable bonds is 7. The number of ether oxygens (including phenoxy) is 1. The number of carbonyl (C=O) groups is 1. The van der Waals surface area contributed by atoms with Crippen LogP contribution in [-0.2, 0) is 17.8 Å². The number of anilines is 1. The van der Waals surface area contributed by atoms with Gasteiger partial charge in [0, 0.05) is 56.8 Å². The highest BCUT2D eigenvalue weighted by Crippen LogP contribution is 2.29. The lowest BCUT2D eigenvalue weighted by Gasteiger charge is -2.37. The highest BCUT2D eigenvalue weighted by Gasteiger charge is 2.27. The van der Waals surface area contributed by atoms with Gasteiger partial charge >= 0.3 is 0 Å². The van der Waals surface area contributed by atoms with Crippen molar-refractivity contribution in [3.8, 4) is 0 Å². The van der Waals surface area contributed by atoms with E-state index in [1.165, 1.54) is 28.8 Å². The number of nitrogens with zero attached hydrogens (tertiary/aromatic N) is 4. The third kappa shape index (κ3) is 5.73. The maximum absolute atomic E-state index is 13.3. The Morgan fingerprint density at radius 3 is 2.36 bits per heavy atom. The van der Waals surface area contributed by atoms with Gasteiger partial charge in [-0.25, -0.2) is 14.4 Å². The van der Waals surface area contributed by atoms with E-state index < -0.39 is 0 Å². The van der Waals surface area contributed by atoms with Gasteiger partial charge in [0.05, 0.1) is 12.3 Å². The van der Waals surface area contributed by atoms with E-state index in [1.54, 1.807) is 19.2 Å². The Hall–Kier alpha value is -3.32. The standard InChI is InChI=1S/C29H35FN4O2/c1-19(2)27-31-26(18-36-5)25(17-23-16-20(3)6-7-21(23)4)28(32-27)33-12-14-34(15-13-33)29(35)22-8-10-24(30)11-9-22/h6-11,16,19H,12-15,17-18H2,1-5H3. The number of carbonyl (C=O) groups excluding carboxylic acids is 1. The molecule has 1 aliphatic heterocycles. The fourth-order valence-electron chi connectivity index (χ4n) is 4.57. The summed E-state index contributed by atoms with van der Waals surface area (Å²) >= 11 is 0. The fraction of sp³-hybridized carbons (Fsp3) is 0.414. The van der Waals surface area contributed by atoms with Crippen molar-refractivity contribution < 1.29 is 13.9 Å². The molecule has 2 heterocycles. The van der Waals surface area contributed by atoms with Crippen molar-refractivity contribution in [1.29, 1.82) is 0 Å². The molecule has 0 bridgehead atoms. The van der Waals surface area contributed by atoms with Gasteiger partial charge in [-0.05, 0) is 49.2 Å². The molecule has 1 amide bonds. The molecule has 0 aliphatic carbocycles. The molecule has 0 saturated carbocycles. The average molecular weight is 491 g/mol. The summed E-state index contributed by atoms with van der Waals surface area (Å²) in [4.78, 5) is 27.0. The van der Waals surface area contributed by atoms with E-state index in [4.69, 9.17) is 14.7 Å². The molecule has 0 radical (unpaired) electrons. The second kappa shape index (κ2) is 11.2. The minimum Gasteiger partial charge on any atom is -0.378 e. The lowest BCUT2D eigenvalue weighted by atomic mass is 9.97. The van der Waals surface area contributed by atoms with Crippen molar-refractivity contribution in [2.45, 2.75) is 46.6 Å². The Morgan fingerprint density at radius 1 is 1.03 bits per heavy atom. The Bertz CT molecular complexity index is 1220. The summed E-state index contributed by atoms with van der Waals surface area (Å²) in [7, 11) is 1.69. The minimum absolute atomic E-state index is 0.0733. The van der Waals surface area contributed by atoms with Gasteiger partial charge in [-0.2, -0.15) is 0 Å². The van der Waals surface area contributed by atoms with Gasteiger partial charge in [-0.15, -0.1) is 0 Å². The number of hydrogen-bond acceptors (Lipinski definition) is 5. The molecule has 1 aromatic heterocycles. The quantitative estimate of drug-likeness (QED) is 0.464. The van der Waals surface area contributed by atoms with Gasteiger partial charge in [0.2, 0.25) is 0 Å². The Balaban J connectivity index is 1.64. The number of methoxy groups -OCH3 is 1. The van der Waals surface area contributed by atoms with Crippen LogP contribution in [-0.4, -0.2) is 54.1 Å². The fourth-order valence-corrected chi connectivity index (χ4v) is 4.57. The summed E-state index contributed by atoms with van der Waals surface area (Å²) in [6.45, 7) is 11.3. The highest BCUT2D eigenvalue weighted by atomic mass is 19.1. The molecule has 1 fully saturated rings. The second-order valence-corrected chi connectivity index (χ2v) is 9.81. The molecule has 7 heteroatoms. The van der Waals surface area contributed by atoms with Gasteiger partial charge in [0.15, 0.2) is 0 Å². The first-order valence-electron chi connectivity index (χ1n) is 12.5. The summed E-state index contributed by atoms with van der Waals surface area (Å²) in [5.74, 6) is 1.48. The summed E-state index contributed by atoms with van der Waals surface area (Å²) in [6, 6.07) is 12.3. The van der Waals surface area contributed by atoms with E-state index in [1.807, 2.05) is 4.90 Å². The molecular formula is C29H35FN4O2. The zero-order chi connectivity index (χ0) is 25.8. The van der Waals surface area contributed by atoms with Crippen LogP contribution in [0.2, 0.25) is 0 Å². The zero-order valence-electron chi connectivity index (χ0n) is 21.8. The largest absolute Gasteiger partial charge is 0.378 e. The number of amides is 1. The number of piperazine rings is 1. The van der Waals surface area contributed by atoms with Crippen molar-refractivity contribution in [2.75, 3.05) is 38.2 Å². The molecule has 1 saturated heterocycles. The normalized spacial score (nSPS) is 14.0. The SMILES string of the molecule is COCc1nc(C(C)C)nc(N2CCN(C(=O)c3ccc(F)cc3)CC2)c1Cc1cc(C)ccc1C. The van der Waals surface area contributed by atoms with Crippen LogP contribution in [0.5, 0.6) is 0 Å². The predicted molar refractivity (Wildman–Crippen MR) is 140 cm³/mol. The molecular weight excluding hydrogens is 455 g/mol. The molecule has 36 heavy (non-hydrogen) atoms. The van der Waals surface area contributed by atoms with Crippen molar-refractivity contribution in [3.05, 3.63) is 87.6 Å². The first-order chi connectivity index (χ1) is 17.3. The number of hydrogen-bond donors (Lipinski definition) is 0. The third-order valence-corrected chi connectivity index (χ3v) is 6.72. The number of aromatic nitrogens is 2. The van der Waals surface area contributed by atoms with E-state index in [0.29, 0.717) is 44.8 Å². The molecule has 0 spiro atoms. The summed E-state index contributed by atoms with van der Waals surface area (Å²) < 4.78 is 18.9. The average Bonchev–Trinajstić information content (AvgIpc) is 2.87. The summed E-state index contributed by atoms with van der Waals surface area (Å²) in [6.07, 6.45) is 0.717. The maximum Gasteiger partial charge on any atom is 0.253 e. The summed E-state index contributed by atoms with van der Waals surface area (Å²) in [5, 5.41) is 0. The molecule has 6 nitrogen and oxygen atoms in total. The molecule has 0 N–H and O–H groups in total. The van der Waals surface area contributed by atoms with Crippen molar-refractivity contribution in [3.63, 3.8) is 0 Å². The third-order valence-electron chi connectivity index (χ3n) is 6.72. The van der Waals surface area contributed by atoms with Crippen molar-refractivity contribution >= 4 is 11.7 Å². The first-order valence-corrected chi connectivity index (χ1v) is 12.5. The van der Waals surface area contributed by atoms with Gasteiger partial charge in [-0.1, -0.05) is 37.6 Å². The molecule has 0 atom stereocenters. The van der Waals surface area contributed by atoms with Crippen LogP contribution >= 0.6 is 0 Å². The van der Waals surface area contributed by atoms with Crippen LogP contribution in [0.1, 0.15) is 63.9 Å². The van der Waals surface area contributed by atoms with Gasteiger partial charge < -0.3 is 14.5 Å². The predicted octanol–water partition coefficient (Wildman–Crippen LogP) is 5.06. The lowest BCUT2D eigenvalue weighted by molar-refractivity contribution is 0.0746.